The molecule has 12 heteroatoms. The fraction of sp³-hybridized carbons (Fsp3) is 0.261. The summed E-state index contributed by atoms with van der Waals surface area (Å²) in [7, 11) is -1.67. The highest BCUT2D eigenvalue weighted by Gasteiger charge is 2.38. The fourth-order valence-corrected chi connectivity index (χ4v) is 4.01. The number of alkyl halides is 3. The summed E-state index contributed by atoms with van der Waals surface area (Å²) >= 11 is 0. The lowest BCUT2D eigenvalue weighted by Gasteiger charge is -2.18. The maximum Gasteiger partial charge on any atom is 0.435 e. The molecule has 1 atom stereocenters. The minimum Gasteiger partial charge on any atom is -0.493 e. The average Bonchev–Trinajstić information content (AvgIpc) is 2.75. The Bertz CT molecular complexity index is 1410. The van der Waals surface area contributed by atoms with Crippen LogP contribution in [0.15, 0.2) is 41.3 Å². The van der Waals surface area contributed by atoms with Gasteiger partial charge >= 0.3 is 6.18 Å². The number of nitrogens with one attached hydrogen (secondary N) is 2. The molecule has 0 radical (unpaired) electrons. The quantitative estimate of drug-likeness (QED) is 0.454. The lowest BCUT2D eigenvalue weighted by Crippen LogP contribution is -2.21. The summed E-state index contributed by atoms with van der Waals surface area (Å²) in [6, 6.07) is 8.97. The first-order valence-electron chi connectivity index (χ1n) is 10.2. The summed E-state index contributed by atoms with van der Waals surface area (Å²) in [5.74, 6) is -0.937. The largest absolute Gasteiger partial charge is 0.493 e. The van der Waals surface area contributed by atoms with Gasteiger partial charge in [0.1, 0.15) is 5.56 Å². The number of nitrogens with zero attached hydrogens (tertiary/aromatic N) is 2. The number of anilines is 1. The molecule has 0 fully saturated rings. The molecular weight excluding hydrogens is 485 g/mol. The maximum absolute atomic E-state index is 13.5. The zero-order valence-electron chi connectivity index (χ0n) is 19.5. The minimum atomic E-state index is -4.86. The van der Waals surface area contributed by atoms with Gasteiger partial charge in [0.05, 0.1) is 16.8 Å². The van der Waals surface area contributed by atoms with Gasteiger partial charge in [-0.2, -0.15) is 13.2 Å². The molecule has 1 heterocycles. The van der Waals surface area contributed by atoms with Crippen LogP contribution in [-0.2, 0) is 15.9 Å². The Balaban J connectivity index is 2.12. The van der Waals surface area contributed by atoms with Crippen molar-refractivity contribution in [2.24, 2.45) is 0 Å². The van der Waals surface area contributed by atoms with Crippen molar-refractivity contribution in [3.05, 3.63) is 64.3 Å². The van der Waals surface area contributed by atoms with Gasteiger partial charge in [0, 0.05) is 16.8 Å². The fourth-order valence-electron chi connectivity index (χ4n) is 3.32. The van der Waals surface area contributed by atoms with Crippen LogP contribution in [0.4, 0.5) is 18.9 Å². The Labute approximate surface area is 200 Å². The predicted octanol–water partition coefficient (Wildman–Crippen LogP) is 5.51. The Hall–Kier alpha value is -3.67. The van der Waals surface area contributed by atoms with E-state index in [2.05, 4.69) is 15.5 Å². The van der Waals surface area contributed by atoms with Crippen LogP contribution in [0.1, 0.15) is 32.7 Å². The molecule has 35 heavy (non-hydrogen) atoms. The first-order chi connectivity index (χ1) is 16.2. The van der Waals surface area contributed by atoms with Gasteiger partial charge < -0.3 is 14.8 Å². The van der Waals surface area contributed by atoms with E-state index in [0.29, 0.717) is 5.75 Å². The zero-order valence-corrected chi connectivity index (χ0v) is 20.4. The van der Waals surface area contributed by atoms with E-state index in [4.69, 9.17) is 14.3 Å². The monoisotopic (exact) mass is 508 g/mol. The normalized spacial score (nSPS) is 13.1. The van der Waals surface area contributed by atoms with Crippen LogP contribution < -0.4 is 14.8 Å². The molecule has 0 aliphatic rings. The van der Waals surface area contributed by atoms with E-state index in [1.54, 1.807) is 19.1 Å². The van der Waals surface area contributed by atoms with Gasteiger partial charge in [0.15, 0.2) is 17.2 Å². The van der Waals surface area contributed by atoms with Gasteiger partial charge in [-0.15, -0.1) is 10.2 Å². The Morgan fingerprint density at radius 2 is 1.77 bits per heavy atom. The van der Waals surface area contributed by atoms with Crippen molar-refractivity contribution in [1.29, 1.82) is 4.78 Å². The van der Waals surface area contributed by atoms with Crippen LogP contribution in [0.2, 0.25) is 0 Å². The van der Waals surface area contributed by atoms with Crippen LogP contribution >= 0.6 is 0 Å². The van der Waals surface area contributed by atoms with E-state index in [-0.39, 0.29) is 16.3 Å². The van der Waals surface area contributed by atoms with Crippen molar-refractivity contribution in [3.8, 4) is 17.4 Å². The highest BCUT2D eigenvalue weighted by molar-refractivity contribution is 7.91. The van der Waals surface area contributed by atoms with Crippen molar-refractivity contribution in [2.75, 3.05) is 18.7 Å². The number of aromatic nitrogens is 2. The predicted molar refractivity (Wildman–Crippen MR) is 124 cm³/mol. The van der Waals surface area contributed by atoms with Crippen LogP contribution in [0.3, 0.4) is 0 Å². The number of benzene rings is 2. The molecule has 0 saturated carbocycles. The molecule has 1 amide bonds. The van der Waals surface area contributed by atoms with Crippen molar-refractivity contribution in [1.82, 2.24) is 10.2 Å². The van der Waals surface area contributed by atoms with Crippen LogP contribution in [0, 0.1) is 25.6 Å². The standard InChI is InChI=1S/C23H23F3N4O4S/c1-12-9-10-17(19(33-4)13(12)2)34-22-18(14(3)20(29-30-22)23(24,25)26)21(31)28-15-7-6-8-16(11-15)35(5,27)32/h6-11,27H,1-5H3,(H,28,31). The van der Waals surface area contributed by atoms with Crippen LogP contribution in [0.25, 0.3) is 0 Å². The van der Waals surface area contributed by atoms with Crippen molar-refractivity contribution in [3.63, 3.8) is 0 Å². The SMILES string of the molecule is COc1c(Oc2nnc(C(F)(F)F)c(C)c2C(=O)Nc2cccc(S(C)(=N)=O)c2)ccc(C)c1C. The van der Waals surface area contributed by atoms with Gasteiger partial charge in [0.25, 0.3) is 11.8 Å². The Kier molecular flexibility index (Phi) is 7.06. The lowest BCUT2D eigenvalue weighted by atomic mass is 10.1. The van der Waals surface area contributed by atoms with Crippen molar-refractivity contribution in [2.45, 2.75) is 31.8 Å². The van der Waals surface area contributed by atoms with E-state index in [1.165, 1.54) is 37.6 Å². The van der Waals surface area contributed by atoms with Crippen molar-refractivity contribution < 1.29 is 31.6 Å². The lowest BCUT2D eigenvalue weighted by molar-refractivity contribution is -0.142. The molecule has 3 rings (SSSR count). The Morgan fingerprint density at radius 1 is 1.09 bits per heavy atom. The van der Waals surface area contributed by atoms with E-state index in [1.807, 2.05) is 6.92 Å². The molecular formula is C23H23F3N4O4S. The molecule has 3 aromatic rings. The third kappa shape index (κ3) is 5.53. The summed E-state index contributed by atoms with van der Waals surface area (Å²) in [6.07, 6.45) is -3.65. The molecule has 0 bridgehead atoms. The number of rotatable bonds is 6. The molecule has 8 nitrogen and oxygen atoms in total. The summed E-state index contributed by atoms with van der Waals surface area (Å²) < 4.78 is 71.5. The minimum absolute atomic E-state index is 0.133. The van der Waals surface area contributed by atoms with Gasteiger partial charge in [0.2, 0.25) is 0 Å². The molecule has 0 spiro atoms. The van der Waals surface area contributed by atoms with E-state index in [9.17, 15) is 22.2 Å². The number of carbonyl (C=O) groups excluding carboxylic acids is 1. The second kappa shape index (κ2) is 9.53. The number of hydrogen-bond donors (Lipinski definition) is 2. The van der Waals surface area contributed by atoms with E-state index < -0.39 is 44.5 Å². The van der Waals surface area contributed by atoms with Crippen LogP contribution in [-0.4, -0.2) is 33.7 Å². The summed E-state index contributed by atoms with van der Waals surface area (Å²) in [5, 5.41) is 9.29. The van der Waals surface area contributed by atoms with Crippen LogP contribution in [0.5, 0.6) is 17.4 Å². The van der Waals surface area contributed by atoms with Gasteiger partial charge in [-0.25, -0.2) is 8.99 Å². The third-order valence-corrected chi connectivity index (χ3v) is 6.43. The highest BCUT2D eigenvalue weighted by Crippen LogP contribution is 2.39. The van der Waals surface area contributed by atoms with Gasteiger partial charge in [-0.05, 0) is 61.7 Å². The first-order valence-corrected chi connectivity index (χ1v) is 12.1. The third-order valence-electron chi connectivity index (χ3n) is 5.27. The van der Waals surface area contributed by atoms with Gasteiger partial charge in [-0.1, -0.05) is 12.1 Å². The number of amides is 1. The molecule has 0 aliphatic carbocycles. The number of aryl methyl sites for hydroxylation is 1. The Morgan fingerprint density at radius 3 is 2.37 bits per heavy atom. The molecule has 186 valence electrons. The molecule has 2 aromatic carbocycles. The smallest absolute Gasteiger partial charge is 0.435 e. The molecule has 1 unspecified atom stereocenters. The summed E-state index contributed by atoms with van der Waals surface area (Å²) in [5.41, 5.74) is -0.543. The number of halogens is 3. The molecule has 2 N–H and O–H groups in total. The number of hydrogen-bond acceptors (Lipinski definition) is 7. The summed E-state index contributed by atoms with van der Waals surface area (Å²) in [6.45, 7) is 4.72. The zero-order chi connectivity index (χ0) is 26.1. The maximum atomic E-state index is 13.5. The van der Waals surface area contributed by atoms with E-state index >= 15 is 0 Å². The highest BCUT2D eigenvalue weighted by atomic mass is 32.2. The molecule has 0 aliphatic heterocycles. The number of carbonyl (C=O) groups is 1. The number of methoxy groups -OCH3 is 1. The first kappa shape index (κ1) is 25.9. The second-order valence-corrected chi connectivity index (χ2v) is 9.98. The summed E-state index contributed by atoms with van der Waals surface area (Å²) in [4.78, 5) is 13.3. The molecule has 1 aromatic heterocycles. The molecule has 0 saturated heterocycles. The average molecular weight is 509 g/mol. The topological polar surface area (TPSA) is 114 Å². The second-order valence-electron chi connectivity index (χ2n) is 7.82. The van der Waals surface area contributed by atoms with E-state index in [0.717, 1.165) is 18.1 Å². The van der Waals surface area contributed by atoms with Gasteiger partial charge in [-0.3, -0.25) is 4.79 Å². The van der Waals surface area contributed by atoms with Crippen molar-refractivity contribution >= 4 is 21.3 Å². The number of ether oxygens (including phenoxy) is 2.